The molecule has 0 saturated heterocycles. The highest BCUT2D eigenvalue weighted by Gasteiger charge is 2.36. The van der Waals surface area contributed by atoms with E-state index in [0.29, 0.717) is 17.5 Å². The van der Waals surface area contributed by atoms with Crippen LogP contribution in [0.3, 0.4) is 0 Å². The number of aromatic amines is 1. The quantitative estimate of drug-likeness (QED) is 0.828. The van der Waals surface area contributed by atoms with E-state index in [1.807, 2.05) is 6.92 Å². The third-order valence-electron chi connectivity index (χ3n) is 3.89. The second-order valence-electron chi connectivity index (χ2n) is 5.37. The molecule has 2 aromatic rings. The molecule has 0 radical (unpaired) electrons. The summed E-state index contributed by atoms with van der Waals surface area (Å²) >= 11 is 0. The Labute approximate surface area is 131 Å². The highest BCUT2D eigenvalue weighted by Crippen LogP contribution is 2.36. The molecule has 1 aliphatic rings. The van der Waals surface area contributed by atoms with Crippen LogP contribution in [-0.4, -0.2) is 20.6 Å². The highest BCUT2D eigenvalue weighted by molar-refractivity contribution is 5.94. The number of carbonyl (C=O) groups excluding carboxylic acids is 1. The maximum atomic E-state index is 12.2. The molecule has 2 N–H and O–H groups in total. The van der Waals surface area contributed by atoms with Crippen LogP contribution < -0.4 is 11.2 Å². The van der Waals surface area contributed by atoms with Crippen LogP contribution in [-0.2, 0) is 11.3 Å². The summed E-state index contributed by atoms with van der Waals surface area (Å²) in [5, 5.41) is 10.4. The minimum atomic E-state index is -1.02. The lowest BCUT2D eigenvalue weighted by atomic mass is 10.0. The summed E-state index contributed by atoms with van der Waals surface area (Å²) in [4.78, 5) is 38.1. The van der Waals surface area contributed by atoms with Crippen LogP contribution in [0.5, 0.6) is 5.88 Å². The second-order valence-corrected chi connectivity index (χ2v) is 5.37. The first-order valence-electron chi connectivity index (χ1n) is 7.40. The molecular formula is C16H16N2O5. The molecule has 3 rings (SSSR count). The van der Waals surface area contributed by atoms with Crippen molar-refractivity contribution in [3.8, 4) is 5.88 Å². The number of unbranched alkanes of at least 4 members (excludes halogenated alkanes) is 1. The molecule has 2 heterocycles. The van der Waals surface area contributed by atoms with Crippen molar-refractivity contribution >= 4 is 5.97 Å². The first-order valence-corrected chi connectivity index (χ1v) is 7.40. The Kier molecular flexibility index (Phi) is 3.77. The zero-order valence-corrected chi connectivity index (χ0v) is 12.5. The van der Waals surface area contributed by atoms with E-state index in [2.05, 4.69) is 4.98 Å². The molecule has 0 fully saturated rings. The Bertz CT molecular complexity index is 881. The van der Waals surface area contributed by atoms with Crippen LogP contribution in [0.4, 0.5) is 0 Å². The number of carbonyl (C=O) groups is 1. The molecule has 1 aromatic heterocycles. The monoisotopic (exact) mass is 316 g/mol. The molecule has 1 aliphatic heterocycles. The fourth-order valence-electron chi connectivity index (χ4n) is 2.70. The van der Waals surface area contributed by atoms with Crippen molar-refractivity contribution in [1.82, 2.24) is 9.55 Å². The van der Waals surface area contributed by atoms with Crippen molar-refractivity contribution in [3.05, 3.63) is 61.8 Å². The van der Waals surface area contributed by atoms with Gasteiger partial charge in [-0.25, -0.2) is 9.59 Å². The van der Waals surface area contributed by atoms with Gasteiger partial charge in [-0.2, -0.15) is 0 Å². The topological polar surface area (TPSA) is 101 Å². The summed E-state index contributed by atoms with van der Waals surface area (Å²) in [5.74, 6) is -1.02. The molecule has 23 heavy (non-hydrogen) atoms. The Morgan fingerprint density at radius 3 is 2.74 bits per heavy atom. The lowest BCUT2D eigenvalue weighted by molar-refractivity contribution is 0.0448. The van der Waals surface area contributed by atoms with Gasteiger partial charge >= 0.3 is 11.7 Å². The number of nitrogens with zero attached hydrogens (tertiary/aromatic N) is 1. The Hall–Kier alpha value is -2.83. The van der Waals surface area contributed by atoms with Crippen molar-refractivity contribution in [2.24, 2.45) is 0 Å². The average Bonchev–Trinajstić information content (AvgIpc) is 2.84. The second kappa shape index (κ2) is 5.75. The van der Waals surface area contributed by atoms with Gasteiger partial charge < -0.3 is 9.84 Å². The van der Waals surface area contributed by atoms with E-state index in [0.717, 1.165) is 11.0 Å². The van der Waals surface area contributed by atoms with E-state index in [-0.39, 0.29) is 12.1 Å². The number of rotatable bonds is 4. The fraction of sp³-hybridized carbons (Fsp3) is 0.312. The number of hydrogen-bond acceptors (Lipinski definition) is 5. The summed E-state index contributed by atoms with van der Waals surface area (Å²) in [5.41, 5.74) is -0.710. The maximum Gasteiger partial charge on any atom is 0.339 e. The predicted molar refractivity (Wildman–Crippen MR) is 81.6 cm³/mol. The van der Waals surface area contributed by atoms with Crippen molar-refractivity contribution in [2.75, 3.05) is 0 Å². The van der Waals surface area contributed by atoms with Gasteiger partial charge in [0.1, 0.15) is 5.56 Å². The van der Waals surface area contributed by atoms with Gasteiger partial charge in [0.15, 0.2) is 6.10 Å². The maximum absolute atomic E-state index is 12.2. The minimum Gasteiger partial charge on any atom is -0.494 e. The number of H-pyrrole nitrogens is 1. The molecule has 7 nitrogen and oxygen atoms in total. The first kappa shape index (κ1) is 15.1. The number of esters is 1. The van der Waals surface area contributed by atoms with Gasteiger partial charge in [0.2, 0.25) is 5.88 Å². The van der Waals surface area contributed by atoms with Crippen LogP contribution >= 0.6 is 0 Å². The molecule has 0 aliphatic carbocycles. The summed E-state index contributed by atoms with van der Waals surface area (Å²) in [7, 11) is 0. The number of aromatic nitrogens is 2. The van der Waals surface area contributed by atoms with Crippen molar-refractivity contribution < 1.29 is 14.6 Å². The fourth-order valence-corrected chi connectivity index (χ4v) is 2.70. The Balaban J connectivity index is 2.16. The molecule has 0 saturated carbocycles. The van der Waals surface area contributed by atoms with Gasteiger partial charge in [0.05, 0.1) is 5.56 Å². The van der Waals surface area contributed by atoms with Crippen LogP contribution in [0.2, 0.25) is 0 Å². The number of benzene rings is 1. The molecule has 7 heteroatoms. The average molecular weight is 316 g/mol. The molecule has 0 spiro atoms. The van der Waals surface area contributed by atoms with Crippen LogP contribution in [0.1, 0.15) is 47.4 Å². The van der Waals surface area contributed by atoms with E-state index >= 15 is 0 Å². The molecule has 120 valence electrons. The number of aromatic hydroxyl groups is 1. The SMILES string of the molecule is CCCCn1c(O)c([C@@H]2OC(=O)c3ccccc32)c(=O)[nH]c1=O. The minimum absolute atomic E-state index is 0.126. The number of nitrogens with one attached hydrogen (secondary N) is 1. The van der Waals surface area contributed by atoms with E-state index in [4.69, 9.17) is 4.74 Å². The van der Waals surface area contributed by atoms with Gasteiger partial charge in [-0.3, -0.25) is 14.3 Å². The van der Waals surface area contributed by atoms with Gasteiger partial charge in [0, 0.05) is 12.1 Å². The summed E-state index contributed by atoms with van der Waals surface area (Å²) in [6, 6.07) is 6.65. The van der Waals surface area contributed by atoms with Crippen molar-refractivity contribution in [2.45, 2.75) is 32.4 Å². The number of ether oxygens (including phenoxy) is 1. The molecular weight excluding hydrogens is 300 g/mol. The normalized spacial score (nSPS) is 16.2. The summed E-state index contributed by atoms with van der Waals surface area (Å²) in [6.45, 7) is 2.22. The number of fused-ring (bicyclic) bond motifs is 1. The third kappa shape index (κ3) is 2.44. The molecule has 0 bridgehead atoms. The van der Waals surface area contributed by atoms with E-state index in [9.17, 15) is 19.5 Å². The van der Waals surface area contributed by atoms with Crippen molar-refractivity contribution in [1.29, 1.82) is 0 Å². The zero-order chi connectivity index (χ0) is 16.6. The zero-order valence-electron chi connectivity index (χ0n) is 12.5. The Morgan fingerprint density at radius 2 is 2.00 bits per heavy atom. The number of hydrogen-bond donors (Lipinski definition) is 2. The van der Waals surface area contributed by atoms with Crippen LogP contribution in [0, 0.1) is 0 Å². The van der Waals surface area contributed by atoms with E-state index in [1.165, 1.54) is 0 Å². The standard InChI is InChI=1S/C16H16N2O5/c1-2-3-8-18-14(20)11(13(19)17-16(18)22)12-9-6-4-5-7-10(9)15(21)23-12/h4-7,12,20H,2-3,8H2,1H3,(H,17,19,22)/t12-/m1/s1. The molecule has 1 aromatic carbocycles. The third-order valence-corrected chi connectivity index (χ3v) is 3.89. The van der Waals surface area contributed by atoms with Crippen LogP contribution in [0.15, 0.2) is 33.9 Å². The van der Waals surface area contributed by atoms with E-state index < -0.39 is 29.2 Å². The first-order chi connectivity index (χ1) is 11.0. The summed E-state index contributed by atoms with van der Waals surface area (Å²) in [6.07, 6.45) is 0.470. The molecule has 1 atom stereocenters. The van der Waals surface area contributed by atoms with Gasteiger partial charge in [-0.1, -0.05) is 31.5 Å². The van der Waals surface area contributed by atoms with Crippen molar-refractivity contribution in [3.63, 3.8) is 0 Å². The molecule has 0 unspecified atom stereocenters. The highest BCUT2D eigenvalue weighted by atomic mass is 16.5. The summed E-state index contributed by atoms with van der Waals surface area (Å²) < 4.78 is 6.34. The van der Waals surface area contributed by atoms with Gasteiger partial charge in [-0.15, -0.1) is 0 Å². The predicted octanol–water partition coefficient (Wildman–Crippen LogP) is 1.30. The van der Waals surface area contributed by atoms with E-state index in [1.54, 1.807) is 24.3 Å². The lowest BCUT2D eigenvalue weighted by Crippen LogP contribution is -2.33. The smallest absolute Gasteiger partial charge is 0.339 e. The Morgan fingerprint density at radius 1 is 1.26 bits per heavy atom. The molecule has 0 amide bonds. The largest absolute Gasteiger partial charge is 0.494 e. The van der Waals surface area contributed by atoms with Crippen LogP contribution in [0.25, 0.3) is 0 Å². The van der Waals surface area contributed by atoms with Gasteiger partial charge in [0.25, 0.3) is 5.56 Å². The lowest BCUT2D eigenvalue weighted by Gasteiger charge is -2.15. The number of cyclic esters (lactones) is 1. The van der Waals surface area contributed by atoms with Gasteiger partial charge in [-0.05, 0) is 12.5 Å².